The van der Waals surface area contributed by atoms with Crippen molar-refractivity contribution in [2.75, 3.05) is 0 Å². The van der Waals surface area contributed by atoms with Crippen LogP contribution in [0.5, 0.6) is 0 Å². The van der Waals surface area contributed by atoms with Crippen molar-refractivity contribution in [2.45, 2.75) is 32.7 Å². The summed E-state index contributed by atoms with van der Waals surface area (Å²) >= 11 is 5.82. The largest absolute Gasteiger partial charge is 0.351 e. The molecule has 2 nitrogen and oxygen atoms in total. The van der Waals surface area contributed by atoms with Crippen molar-refractivity contribution in [3.8, 4) is 0 Å². The lowest BCUT2D eigenvalue weighted by Gasteiger charge is -2.20. The van der Waals surface area contributed by atoms with Crippen molar-refractivity contribution in [3.63, 3.8) is 0 Å². The van der Waals surface area contributed by atoms with Crippen molar-refractivity contribution in [2.24, 2.45) is 0 Å². The fourth-order valence-corrected chi connectivity index (χ4v) is 1.53. The molecule has 1 aromatic carbocycles. The average molecular weight is 244 g/mol. The van der Waals surface area contributed by atoms with Crippen molar-refractivity contribution in [3.05, 3.63) is 34.6 Å². The highest BCUT2D eigenvalue weighted by Gasteiger charge is 2.15. The molecule has 16 heavy (non-hydrogen) atoms. The van der Waals surface area contributed by atoms with Gasteiger partial charge in [-0.3, -0.25) is 4.79 Å². The van der Waals surface area contributed by atoms with Crippen LogP contribution in [0.15, 0.2) is 18.2 Å². The van der Waals surface area contributed by atoms with Gasteiger partial charge in [0.05, 0.1) is 6.42 Å². The molecule has 1 amide bonds. The number of amides is 1. The summed E-state index contributed by atoms with van der Waals surface area (Å²) in [6, 6.07) is 4.03. The van der Waals surface area contributed by atoms with Crippen LogP contribution in [0.3, 0.4) is 0 Å². The molecule has 0 aliphatic rings. The van der Waals surface area contributed by atoms with E-state index in [0.29, 0.717) is 5.56 Å². The number of carbonyl (C=O) groups excluding carboxylic acids is 1. The highest BCUT2D eigenvalue weighted by molar-refractivity contribution is 6.31. The molecule has 0 radical (unpaired) electrons. The molecule has 0 fully saturated rings. The molecule has 0 aliphatic heterocycles. The van der Waals surface area contributed by atoms with Gasteiger partial charge >= 0.3 is 0 Å². The summed E-state index contributed by atoms with van der Waals surface area (Å²) in [4.78, 5) is 11.6. The van der Waals surface area contributed by atoms with Crippen molar-refractivity contribution >= 4 is 17.5 Å². The molecule has 1 rings (SSSR count). The van der Waals surface area contributed by atoms with Gasteiger partial charge < -0.3 is 5.32 Å². The molecule has 0 saturated heterocycles. The maximum Gasteiger partial charge on any atom is 0.224 e. The van der Waals surface area contributed by atoms with Gasteiger partial charge in [-0.15, -0.1) is 0 Å². The van der Waals surface area contributed by atoms with Crippen LogP contribution in [-0.4, -0.2) is 11.4 Å². The maximum absolute atomic E-state index is 12.8. The van der Waals surface area contributed by atoms with Crippen LogP contribution in [0, 0.1) is 5.82 Å². The monoisotopic (exact) mass is 243 g/mol. The number of hydrogen-bond donors (Lipinski definition) is 1. The van der Waals surface area contributed by atoms with Crippen LogP contribution >= 0.6 is 11.6 Å². The molecule has 0 spiro atoms. The zero-order valence-electron chi connectivity index (χ0n) is 9.60. The minimum absolute atomic E-state index is 0.124. The molecule has 4 heteroatoms. The van der Waals surface area contributed by atoms with Crippen molar-refractivity contribution < 1.29 is 9.18 Å². The molecule has 0 bridgehead atoms. The zero-order valence-corrected chi connectivity index (χ0v) is 10.4. The minimum Gasteiger partial charge on any atom is -0.351 e. The smallest absolute Gasteiger partial charge is 0.224 e. The SMILES string of the molecule is CC(C)(C)NC(=O)Cc1ccc(F)cc1Cl. The summed E-state index contributed by atoms with van der Waals surface area (Å²) in [6.07, 6.45) is 0.163. The van der Waals surface area contributed by atoms with Gasteiger partial charge in [-0.05, 0) is 38.5 Å². The van der Waals surface area contributed by atoms with E-state index in [0.717, 1.165) is 0 Å². The molecular formula is C12H15ClFNO. The number of halogens is 2. The van der Waals surface area contributed by atoms with E-state index >= 15 is 0 Å². The van der Waals surface area contributed by atoms with Gasteiger partial charge in [-0.1, -0.05) is 17.7 Å². The van der Waals surface area contributed by atoms with Crippen LogP contribution in [-0.2, 0) is 11.2 Å². The normalized spacial score (nSPS) is 11.3. The Morgan fingerprint density at radius 3 is 2.56 bits per heavy atom. The molecule has 0 unspecified atom stereocenters. The van der Waals surface area contributed by atoms with Gasteiger partial charge in [0, 0.05) is 10.6 Å². The molecule has 0 saturated carbocycles. The van der Waals surface area contributed by atoms with Crippen LogP contribution in [0.25, 0.3) is 0 Å². The highest BCUT2D eigenvalue weighted by Crippen LogP contribution is 2.17. The molecule has 1 N–H and O–H groups in total. The lowest BCUT2D eigenvalue weighted by molar-refractivity contribution is -0.121. The van der Waals surface area contributed by atoms with E-state index in [1.54, 1.807) is 0 Å². The van der Waals surface area contributed by atoms with E-state index in [2.05, 4.69) is 5.32 Å². The summed E-state index contributed by atoms with van der Waals surface area (Å²) in [5.41, 5.74) is 0.355. The number of benzene rings is 1. The Kier molecular flexibility index (Phi) is 3.92. The predicted octanol–water partition coefficient (Wildman–Crippen LogP) is 2.94. The fourth-order valence-electron chi connectivity index (χ4n) is 1.30. The second kappa shape index (κ2) is 4.83. The van der Waals surface area contributed by atoms with Crippen LogP contribution < -0.4 is 5.32 Å². The number of hydrogen-bond acceptors (Lipinski definition) is 1. The Bertz CT molecular complexity index is 398. The Morgan fingerprint density at radius 1 is 1.44 bits per heavy atom. The number of rotatable bonds is 2. The van der Waals surface area contributed by atoms with E-state index in [1.165, 1.54) is 18.2 Å². The molecular weight excluding hydrogens is 229 g/mol. The van der Waals surface area contributed by atoms with Gasteiger partial charge in [-0.2, -0.15) is 0 Å². The Hall–Kier alpha value is -1.09. The molecule has 0 aromatic heterocycles. The van der Waals surface area contributed by atoms with Gasteiger partial charge in [0.1, 0.15) is 5.82 Å². The lowest BCUT2D eigenvalue weighted by atomic mass is 10.1. The quantitative estimate of drug-likeness (QED) is 0.850. The standard InChI is InChI=1S/C12H15ClFNO/c1-12(2,3)15-11(16)6-8-4-5-9(14)7-10(8)13/h4-5,7H,6H2,1-3H3,(H,15,16). The van der Waals surface area contributed by atoms with E-state index in [-0.39, 0.29) is 22.9 Å². The summed E-state index contributed by atoms with van der Waals surface area (Å²) in [5.74, 6) is -0.522. The minimum atomic E-state index is -0.398. The predicted molar refractivity (Wildman–Crippen MR) is 63.0 cm³/mol. The topological polar surface area (TPSA) is 29.1 Å². The second-order valence-corrected chi connectivity index (χ2v) is 5.12. The van der Waals surface area contributed by atoms with Gasteiger partial charge in [0.25, 0.3) is 0 Å². The third-order valence-corrected chi connectivity index (χ3v) is 2.23. The van der Waals surface area contributed by atoms with Gasteiger partial charge in [0.15, 0.2) is 0 Å². The molecule has 88 valence electrons. The van der Waals surface area contributed by atoms with Crippen LogP contribution in [0.4, 0.5) is 4.39 Å². The Morgan fingerprint density at radius 2 is 2.06 bits per heavy atom. The first-order chi connectivity index (χ1) is 7.28. The van der Waals surface area contributed by atoms with Crippen LogP contribution in [0.2, 0.25) is 5.02 Å². The Labute approximate surface area is 99.8 Å². The fraction of sp³-hybridized carbons (Fsp3) is 0.417. The third-order valence-electron chi connectivity index (χ3n) is 1.88. The average Bonchev–Trinajstić information content (AvgIpc) is 2.06. The molecule has 1 aromatic rings. The maximum atomic E-state index is 12.8. The van der Waals surface area contributed by atoms with Gasteiger partial charge in [-0.25, -0.2) is 4.39 Å². The van der Waals surface area contributed by atoms with Crippen molar-refractivity contribution in [1.29, 1.82) is 0 Å². The second-order valence-electron chi connectivity index (χ2n) is 4.71. The van der Waals surface area contributed by atoms with E-state index < -0.39 is 5.82 Å². The molecule has 0 aliphatic carbocycles. The summed E-state index contributed by atoms with van der Waals surface area (Å²) in [6.45, 7) is 5.70. The zero-order chi connectivity index (χ0) is 12.3. The number of nitrogens with one attached hydrogen (secondary N) is 1. The summed E-state index contributed by atoms with van der Waals surface area (Å²) in [5, 5.41) is 3.10. The third kappa shape index (κ3) is 4.19. The highest BCUT2D eigenvalue weighted by atomic mass is 35.5. The summed E-state index contributed by atoms with van der Waals surface area (Å²) < 4.78 is 12.8. The lowest BCUT2D eigenvalue weighted by Crippen LogP contribution is -2.41. The Balaban J connectivity index is 2.70. The van der Waals surface area contributed by atoms with E-state index in [9.17, 15) is 9.18 Å². The molecule has 0 atom stereocenters. The van der Waals surface area contributed by atoms with Gasteiger partial charge in [0.2, 0.25) is 5.91 Å². The first-order valence-corrected chi connectivity index (χ1v) is 5.41. The van der Waals surface area contributed by atoms with E-state index in [1.807, 2.05) is 20.8 Å². The van der Waals surface area contributed by atoms with Crippen LogP contribution in [0.1, 0.15) is 26.3 Å². The van der Waals surface area contributed by atoms with E-state index in [4.69, 9.17) is 11.6 Å². The van der Waals surface area contributed by atoms with Crippen molar-refractivity contribution in [1.82, 2.24) is 5.32 Å². The number of carbonyl (C=O) groups is 1. The first kappa shape index (κ1) is 13.0. The summed E-state index contributed by atoms with van der Waals surface area (Å²) in [7, 11) is 0. The first-order valence-electron chi connectivity index (χ1n) is 5.03. The molecule has 0 heterocycles.